The van der Waals surface area contributed by atoms with Crippen molar-refractivity contribution in [2.75, 3.05) is 7.11 Å². The fourth-order valence-electron chi connectivity index (χ4n) is 7.19. The maximum Gasteiger partial charge on any atom is 0.235 e. The number of rotatable bonds is 1. The second kappa shape index (κ2) is 5.93. The van der Waals surface area contributed by atoms with E-state index in [1.807, 2.05) is 31.5 Å². The SMILES string of the molecule is CO[C@H]1[C@]2(C)/C=C\Cn3c4c(c5c6c(c7c(c53)[N+]1([O-])C1=C7C=C[C@@H](C1)O2)C=NC=6)C(=O)CCC=4. The number of allylic oxidation sites excluding steroid dienone is 3. The first-order chi connectivity index (χ1) is 16.5. The Morgan fingerprint density at radius 1 is 1.35 bits per heavy atom. The molecule has 6 aliphatic rings. The van der Waals surface area contributed by atoms with Crippen LogP contribution in [0.15, 0.2) is 35.0 Å². The monoisotopic (exact) mass is 453 g/mol. The van der Waals surface area contributed by atoms with Crippen molar-refractivity contribution in [1.82, 2.24) is 9.21 Å². The van der Waals surface area contributed by atoms with Crippen LogP contribution in [0.4, 0.5) is 5.69 Å². The molecular formula is C27H23N3O4. The lowest BCUT2D eigenvalue weighted by Gasteiger charge is -2.49. The predicted molar refractivity (Wildman–Crippen MR) is 130 cm³/mol. The van der Waals surface area contributed by atoms with Gasteiger partial charge in [0, 0.05) is 59.6 Å². The summed E-state index contributed by atoms with van der Waals surface area (Å²) >= 11 is 0. The van der Waals surface area contributed by atoms with Crippen molar-refractivity contribution in [3.05, 3.63) is 62.5 Å². The molecular weight excluding hydrogens is 430 g/mol. The largest absolute Gasteiger partial charge is 0.620 e. The molecule has 0 saturated carbocycles. The molecule has 5 heterocycles. The van der Waals surface area contributed by atoms with Crippen LogP contribution in [0.5, 0.6) is 0 Å². The van der Waals surface area contributed by atoms with Crippen LogP contribution in [0.3, 0.4) is 0 Å². The van der Waals surface area contributed by atoms with Crippen LogP contribution in [0.2, 0.25) is 0 Å². The highest BCUT2D eigenvalue weighted by atomic mass is 16.6. The Labute approximate surface area is 195 Å². The fourth-order valence-corrected chi connectivity index (χ4v) is 7.19. The van der Waals surface area contributed by atoms with Gasteiger partial charge in [0.15, 0.2) is 17.1 Å². The number of ether oxygens (including phenoxy) is 2. The van der Waals surface area contributed by atoms with E-state index in [1.165, 1.54) is 0 Å². The quantitative estimate of drug-likeness (QED) is 0.378. The van der Waals surface area contributed by atoms with Gasteiger partial charge in [0.25, 0.3) is 0 Å². The van der Waals surface area contributed by atoms with E-state index < -0.39 is 16.5 Å². The Hall–Kier alpha value is -3.10. The highest BCUT2D eigenvalue weighted by Gasteiger charge is 2.59. The highest BCUT2D eigenvalue weighted by Crippen LogP contribution is 2.57. The molecule has 1 aromatic heterocycles. The number of hydrogen-bond donors (Lipinski definition) is 0. The smallest absolute Gasteiger partial charge is 0.235 e. The summed E-state index contributed by atoms with van der Waals surface area (Å²) in [6.45, 7) is 2.49. The van der Waals surface area contributed by atoms with E-state index in [4.69, 9.17) is 9.47 Å². The minimum absolute atomic E-state index is 0.130. The molecule has 7 heteroatoms. The molecule has 4 aliphatic heterocycles. The molecule has 34 heavy (non-hydrogen) atoms. The number of nitrogens with zero attached hydrogens (tertiary/aromatic N) is 3. The Morgan fingerprint density at radius 2 is 2.24 bits per heavy atom. The molecule has 4 bridgehead atoms. The molecule has 7 nitrogen and oxygen atoms in total. The van der Waals surface area contributed by atoms with Crippen molar-refractivity contribution in [3.63, 3.8) is 0 Å². The predicted octanol–water partition coefficient (Wildman–Crippen LogP) is 2.76. The third-order valence-electron chi connectivity index (χ3n) is 8.36. The number of fused-ring (bicyclic) bond motifs is 9. The number of Topliss-reactive ketones (excluding diaryl/α,β-unsaturated/α-hetero) is 1. The Kier molecular flexibility index (Phi) is 3.35. The summed E-state index contributed by atoms with van der Waals surface area (Å²) in [4.78, 5) is 17.8. The molecule has 170 valence electrons. The summed E-state index contributed by atoms with van der Waals surface area (Å²) in [6, 6.07) is 0. The zero-order valence-corrected chi connectivity index (χ0v) is 19.0. The van der Waals surface area contributed by atoms with Crippen molar-refractivity contribution >= 4 is 46.4 Å². The average Bonchev–Trinajstić information content (AvgIpc) is 3.46. The molecule has 1 fully saturated rings. The molecule has 8 rings (SSSR count). The number of aliphatic imine (C=N–C) groups is 1. The van der Waals surface area contributed by atoms with Crippen LogP contribution in [0.25, 0.3) is 28.8 Å². The van der Waals surface area contributed by atoms with E-state index in [9.17, 15) is 4.79 Å². The van der Waals surface area contributed by atoms with Crippen molar-refractivity contribution in [1.29, 1.82) is 0 Å². The molecule has 1 unspecified atom stereocenters. The lowest BCUT2D eigenvalue weighted by molar-refractivity contribution is -0.137. The molecule has 2 aromatic rings. The molecule has 0 spiro atoms. The van der Waals surface area contributed by atoms with E-state index in [2.05, 4.69) is 27.8 Å². The summed E-state index contributed by atoms with van der Waals surface area (Å²) in [5.74, 6) is 0.130. The van der Waals surface area contributed by atoms with Gasteiger partial charge in [0.05, 0.1) is 23.7 Å². The van der Waals surface area contributed by atoms with Gasteiger partial charge in [-0.15, -0.1) is 0 Å². The van der Waals surface area contributed by atoms with Crippen LogP contribution >= 0.6 is 0 Å². The number of carbonyl (C=O) groups excluding carboxylic acids is 1. The number of ketones is 1. The van der Waals surface area contributed by atoms with Gasteiger partial charge < -0.3 is 19.2 Å². The minimum Gasteiger partial charge on any atom is -0.620 e. The Balaban J connectivity index is 1.68. The second-order valence-electron chi connectivity index (χ2n) is 10.1. The molecule has 0 amide bonds. The van der Waals surface area contributed by atoms with Crippen molar-refractivity contribution < 1.29 is 14.3 Å². The summed E-state index contributed by atoms with van der Waals surface area (Å²) in [6.07, 6.45) is 14.6. The molecule has 1 aromatic carbocycles. The first-order valence-corrected chi connectivity index (χ1v) is 11.9. The van der Waals surface area contributed by atoms with Crippen molar-refractivity contribution in [2.45, 2.75) is 50.7 Å². The van der Waals surface area contributed by atoms with Crippen molar-refractivity contribution in [2.24, 2.45) is 4.99 Å². The number of methoxy groups -OCH3 is 1. The van der Waals surface area contributed by atoms with Gasteiger partial charge in [-0.3, -0.25) is 14.4 Å². The van der Waals surface area contributed by atoms with Crippen LogP contribution in [-0.2, 0) is 16.0 Å². The maximum atomic E-state index is 15.5. The van der Waals surface area contributed by atoms with Crippen LogP contribution in [0.1, 0.15) is 47.7 Å². The Morgan fingerprint density at radius 3 is 3.09 bits per heavy atom. The summed E-state index contributed by atoms with van der Waals surface area (Å²) < 4.78 is 14.0. The number of hydrogen-bond acceptors (Lipinski definition) is 5. The molecule has 1 saturated heterocycles. The van der Waals surface area contributed by atoms with Crippen molar-refractivity contribution in [3.8, 4) is 0 Å². The van der Waals surface area contributed by atoms with Gasteiger partial charge in [-0.25, -0.2) is 0 Å². The molecule has 0 N–H and O–H groups in total. The zero-order chi connectivity index (χ0) is 23.0. The topological polar surface area (TPSA) is 75.9 Å². The number of carbonyl (C=O) groups is 1. The van der Waals surface area contributed by atoms with Gasteiger partial charge in [-0.2, -0.15) is 0 Å². The molecule has 2 aliphatic carbocycles. The van der Waals surface area contributed by atoms with Gasteiger partial charge in [0.2, 0.25) is 6.23 Å². The van der Waals surface area contributed by atoms with E-state index in [0.717, 1.165) is 49.4 Å². The number of hydroxylamine groups is 2. The average molecular weight is 453 g/mol. The molecule has 4 atom stereocenters. The number of aromatic nitrogens is 1. The van der Waals surface area contributed by atoms with Crippen LogP contribution in [0, 0.1) is 5.21 Å². The van der Waals surface area contributed by atoms with Gasteiger partial charge in [-0.1, -0.05) is 18.2 Å². The summed E-state index contributed by atoms with van der Waals surface area (Å²) in [5.41, 5.74) is 4.86. The zero-order valence-electron chi connectivity index (χ0n) is 19.0. The van der Waals surface area contributed by atoms with E-state index >= 15 is 5.21 Å². The first kappa shape index (κ1) is 19.2. The van der Waals surface area contributed by atoms with Crippen LogP contribution in [-0.4, -0.2) is 41.6 Å². The lowest BCUT2D eigenvalue weighted by Crippen LogP contribution is -2.60. The number of benzene rings is 1. The normalized spacial score (nSPS) is 34.5. The summed E-state index contributed by atoms with van der Waals surface area (Å²) in [7, 11) is 1.60. The van der Waals surface area contributed by atoms with Gasteiger partial charge >= 0.3 is 0 Å². The number of quaternary nitrogens is 1. The van der Waals surface area contributed by atoms with Gasteiger partial charge in [0.1, 0.15) is 11.2 Å². The lowest BCUT2D eigenvalue weighted by atomic mass is 9.90. The third kappa shape index (κ3) is 1.93. The van der Waals surface area contributed by atoms with E-state index in [0.29, 0.717) is 31.5 Å². The maximum absolute atomic E-state index is 15.5. The first-order valence-electron chi connectivity index (χ1n) is 11.9. The molecule has 0 radical (unpaired) electrons. The fraction of sp³-hybridized carbons (Fsp3) is 0.333. The van der Waals surface area contributed by atoms with E-state index in [1.54, 1.807) is 7.11 Å². The standard InChI is InChI=1S/C27H23N3O4/c1-27-9-4-10-29-18-5-3-6-20(31)23(18)22-17-13-28-12-16(17)21-15-8-7-14(34-27)11-19(15)30(32,26(27)33-2)25(21)24(22)29/h4-5,7-9,12-14,26H,3,6,10-11H2,1-2H3/b9-4-/t14-,26-,27-,30?/m0/s1. The third-order valence-corrected chi connectivity index (χ3v) is 8.36. The summed E-state index contributed by atoms with van der Waals surface area (Å²) in [5, 5.41) is 18.2. The Bertz CT molecular complexity index is 1640. The van der Waals surface area contributed by atoms with Crippen LogP contribution < -0.4 is 15.2 Å². The van der Waals surface area contributed by atoms with Gasteiger partial charge in [-0.05, 0) is 25.5 Å². The highest BCUT2D eigenvalue weighted by molar-refractivity contribution is 6.18. The second-order valence-corrected chi connectivity index (χ2v) is 10.1. The minimum atomic E-state index is -0.931. The van der Waals surface area contributed by atoms with E-state index in [-0.39, 0.29) is 11.9 Å².